The molecular formula is C19H22N6O2S. The first kappa shape index (κ1) is 21.5. The first-order chi connectivity index (χ1) is 13.5. The van der Waals surface area contributed by atoms with Crippen LogP contribution in [0.25, 0.3) is 11.3 Å². The van der Waals surface area contributed by atoms with Gasteiger partial charge in [-0.15, -0.1) is 11.8 Å². The van der Waals surface area contributed by atoms with Gasteiger partial charge in [-0.25, -0.2) is 4.98 Å². The van der Waals surface area contributed by atoms with Crippen LogP contribution in [0.3, 0.4) is 0 Å². The standard InChI is InChI=1S/C19H22N6O2S/c1-25(2)6-9-28-19-15(11-21)17(14(10-20)18(22)24-19)16-5-4-13(12-23-16)27-8-7-26-3/h4-5,12H,6-9H2,1-3H3,(H2,22,24). The molecular weight excluding hydrogens is 376 g/mol. The molecule has 0 unspecified atom stereocenters. The summed E-state index contributed by atoms with van der Waals surface area (Å²) in [6.45, 7) is 1.69. The Bertz CT molecular complexity index is 887. The van der Waals surface area contributed by atoms with Crippen LogP contribution in [0.15, 0.2) is 23.4 Å². The predicted octanol–water partition coefficient (Wildman–Crippen LogP) is 2.15. The Balaban J connectivity index is 2.42. The molecule has 2 aromatic rings. The minimum Gasteiger partial charge on any atom is -0.490 e. The van der Waals surface area contributed by atoms with E-state index in [1.54, 1.807) is 25.4 Å². The van der Waals surface area contributed by atoms with Gasteiger partial charge >= 0.3 is 0 Å². The van der Waals surface area contributed by atoms with Gasteiger partial charge in [-0.2, -0.15) is 10.5 Å². The molecule has 28 heavy (non-hydrogen) atoms. The number of thioether (sulfide) groups is 1. The van der Waals surface area contributed by atoms with Gasteiger partial charge in [-0.1, -0.05) is 0 Å². The summed E-state index contributed by atoms with van der Waals surface area (Å²) in [4.78, 5) is 10.7. The quantitative estimate of drug-likeness (QED) is 0.500. The molecule has 2 rings (SSSR count). The number of nitriles is 2. The van der Waals surface area contributed by atoms with Crippen molar-refractivity contribution in [2.24, 2.45) is 0 Å². The summed E-state index contributed by atoms with van der Waals surface area (Å²) < 4.78 is 10.5. The summed E-state index contributed by atoms with van der Waals surface area (Å²) in [5, 5.41) is 19.8. The van der Waals surface area contributed by atoms with Crippen LogP contribution in [0, 0.1) is 22.7 Å². The van der Waals surface area contributed by atoms with Crippen LogP contribution >= 0.6 is 11.8 Å². The fraction of sp³-hybridized carbons (Fsp3) is 0.368. The lowest BCUT2D eigenvalue weighted by atomic mass is 10.0. The molecule has 0 fully saturated rings. The summed E-state index contributed by atoms with van der Waals surface area (Å²) in [7, 11) is 5.54. The Morgan fingerprint density at radius 1 is 1.18 bits per heavy atom. The Morgan fingerprint density at radius 3 is 2.50 bits per heavy atom. The Hall–Kier alpha value is -2.85. The molecule has 0 radical (unpaired) electrons. The smallest absolute Gasteiger partial charge is 0.143 e. The molecule has 0 atom stereocenters. The van der Waals surface area contributed by atoms with Gasteiger partial charge in [-0.3, -0.25) is 4.98 Å². The van der Waals surface area contributed by atoms with Gasteiger partial charge in [-0.05, 0) is 26.2 Å². The number of aromatic nitrogens is 2. The van der Waals surface area contributed by atoms with Crippen molar-refractivity contribution in [3.8, 4) is 29.1 Å². The first-order valence-corrected chi connectivity index (χ1v) is 9.49. The van der Waals surface area contributed by atoms with Crippen LogP contribution in [0.1, 0.15) is 11.1 Å². The van der Waals surface area contributed by atoms with Gasteiger partial charge in [0.15, 0.2) is 0 Å². The minimum absolute atomic E-state index is 0.0890. The van der Waals surface area contributed by atoms with E-state index in [1.807, 2.05) is 19.0 Å². The zero-order valence-electron chi connectivity index (χ0n) is 16.1. The molecule has 2 heterocycles. The van der Waals surface area contributed by atoms with Crippen LogP contribution in [0.5, 0.6) is 5.75 Å². The monoisotopic (exact) mass is 398 g/mol. The van der Waals surface area contributed by atoms with Crippen LogP contribution in [0.2, 0.25) is 0 Å². The number of nitrogens with zero attached hydrogens (tertiary/aromatic N) is 5. The van der Waals surface area contributed by atoms with Crippen LogP contribution < -0.4 is 10.5 Å². The maximum absolute atomic E-state index is 9.75. The molecule has 0 aliphatic carbocycles. The van der Waals surface area contributed by atoms with Crippen LogP contribution in [-0.4, -0.2) is 61.6 Å². The maximum Gasteiger partial charge on any atom is 0.143 e. The second-order valence-corrected chi connectivity index (χ2v) is 7.11. The summed E-state index contributed by atoms with van der Waals surface area (Å²) in [5.74, 6) is 1.39. The number of pyridine rings is 2. The number of ether oxygens (including phenoxy) is 2. The zero-order valence-corrected chi connectivity index (χ0v) is 16.9. The van der Waals surface area contributed by atoms with Crippen molar-refractivity contribution in [1.82, 2.24) is 14.9 Å². The lowest BCUT2D eigenvalue weighted by Gasteiger charge is -2.14. The van der Waals surface area contributed by atoms with Gasteiger partial charge < -0.3 is 20.1 Å². The number of hydrogen-bond donors (Lipinski definition) is 1. The largest absolute Gasteiger partial charge is 0.490 e. The molecule has 2 N–H and O–H groups in total. The van der Waals surface area contributed by atoms with Crippen molar-refractivity contribution < 1.29 is 9.47 Å². The van der Waals surface area contributed by atoms with Crippen LogP contribution in [0.4, 0.5) is 5.82 Å². The summed E-state index contributed by atoms with van der Waals surface area (Å²) in [6.07, 6.45) is 1.54. The molecule has 0 aliphatic rings. The first-order valence-electron chi connectivity index (χ1n) is 8.51. The van der Waals surface area contributed by atoms with E-state index in [1.165, 1.54) is 11.8 Å². The Kier molecular flexibility index (Phi) is 8.02. The Morgan fingerprint density at radius 2 is 1.93 bits per heavy atom. The van der Waals surface area contributed by atoms with Gasteiger partial charge in [0.1, 0.15) is 40.9 Å². The third-order valence-corrected chi connectivity index (χ3v) is 4.70. The fourth-order valence-corrected chi connectivity index (χ4v) is 3.44. The van der Waals surface area contributed by atoms with E-state index in [0.29, 0.717) is 40.8 Å². The maximum atomic E-state index is 9.75. The molecule has 8 nitrogen and oxygen atoms in total. The number of methoxy groups -OCH3 is 1. The fourth-order valence-electron chi connectivity index (χ4n) is 2.34. The molecule has 2 aromatic heterocycles. The van der Waals surface area contributed by atoms with Crippen molar-refractivity contribution in [2.75, 3.05) is 52.5 Å². The highest BCUT2D eigenvalue weighted by atomic mass is 32.2. The minimum atomic E-state index is 0.0890. The Labute approximate surface area is 168 Å². The summed E-state index contributed by atoms with van der Waals surface area (Å²) in [6, 6.07) is 7.65. The van der Waals surface area contributed by atoms with Crippen LogP contribution in [-0.2, 0) is 4.74 Å². The predicted molar refractivity (Wildman–Crippen MR) is 108 cm³/mol. The number of hydrogen-bond acceptors (Lipinski definition) is 9. The third-order valence-electron chi connectivity index (χ3n) is 3.74. The van der Waals surface area contributed by atoms with Crippen molar-refractivity contribution in [1.29, 1.82) is 10.5 Å². The molecule has 0 saturated carbocycles. The van der Waals surface area contributed by atoms with Gasteiger partial charge in [0.25, 0.3) is 0 Å². The van der Waals surface area contributed by atoms with Crippen molar-refractivity contribution in [3.63, 3.8) is 0 Å². The van der Waals surface area contributed by atoms with Crippen molar-refractivity contribution in [2.45, 2.75) is 5.03 Å². The molecule has 9 heteroatoms. The highest BCUT2D eigenvalue weighted by Crippen LogP contribution is 2.35. The van der Waals surface area contributed by atoms with E-state index in [0.717, 1.165) is 12.3 Å². The van der Waals surface area contributed by atoms with E-state index in [-0.39, 0.29) is 11.4 Å². The molecule has 0 bridgehead atoms. The summed E-state index contributed by atoms with van der Waals surface area (Å²) in [5.41, 5.74) is 7.32. The molecule has 0 spiro atoms. The zero-order chi connectivity index (χ0) is 20.5. The van der Waals surface area contributed by atoms with E-state index >= 15 is 0 Å². The summed E-state index contributed by atoms with van der Waals surface area (Å²) >= 11 is 1.43. The third kappa shape index (κ3) is 5.33. The van der Waals surface area contributed by atoms with E-state index in [2.05, 4.69) is 22.1 Å². The number of rotatable bonds is 9. The van der Waals surface area contributed by atoms with E-state index in [4.69, 9.17) is 15.2 Å². The average molecular weight is 398 g/mol. The lowest BCUT2D eigenvalue weighted by molar-refractivity contribution is 0.146. The van der Waals surface area contributed by atoms with E-state index < -0.39 is 0 Å². The molecule has 0 amide bonds. The number of anilines is 1. The molecule has 146 valence electrons. The second kappa shape index (κ2) is 10.5. The highest BCUT2D eigenvalue weighted by Gasteiger charge is 2.21. The molecule has 0 aromatic carbocycles. The average Bonchev–Trinajstić information content (AvgIpc) is 2.68. The SMILES string of the molecule is COCCOc1ccc(-c2c(C#N)c(N)nc(SCCN(C)C)c2C#N)nc1. The molecule has 0 saturated heterocycles. The van der Waals surface area contributed by atoms with E-state index in [9.17, 15) is 10.5 Å². The highest BCUT2D eigenvalue weighted by molar-refractivity contribution is 7.99. The lowest BCUT2D eigenvalue weighted by Crippen LogP contribution is -2.15. The van der Waals surface area contributed by atoms with Gasteiger partial charge in [0, 0.05) is 25.0 Å². The normalized spacial score (nSPS) is 10.5. The second-order valence-electron chi connectivity index (χ2n) is 6.02. The topological polar surface area (TPSA) is 121 Å². The van der Waals surface area contributed by atoms with Gasteiger partial charge in [0.05, 0.1) is 24.1 Å². The number of nitrogen functional groups attached to an aromatic ring is 1. The van der Waals surface area contributed by atoms with Crippen molar-refractivity contribution >= 4 is 17.6 Å². The van der Waals surface area contributed by atoms with Gasteiger partial charge in [0.2, 0.25) is 0 Å². The molecule has 0 aliphatic heterocycles. The number of nitrogens with two attached hydrogens (primary N) is 1. The van der Waals surface area contributed by atoms with Crippen molar-refractivity contribution in [3.05, 3.63) is 29.5 Å².